The Bertz CT molecular complexity index is 1050. The first kappa shape index (κ1) is 16.1. The Morgan fingerprint density at radius 3 is 2.96 bits per heavy atom. The molecule has 3 aromatic heterocycles. The molecule has 3 N–H and O–H groups in total. The van der Waals surface area contributed by atoms with Crippen molar-refractivity contribution in [1.82, 2.24) is 30.2 Å². The number of aromatic amines is 1. The van der Waals surface area contributed by atoms with E-state index >= 15 is 0 Å². The third kappa shape index (κ3) is 3.11. The molecule has 132 valence electrons. The van der Waals surface area contributed by atoms with Gasteiger partial charge in [-0.3, -0.25) is 4.40 Å². The first-order valence-corrected chi connectivity index (χ1v) is 8.61. The molecule has 1 atom stereocenters. The summed E-state index contributed by atoms with van der Waals surface area (Å²) < 4.78 is 1.87. The number of H-pyrrole nitrogens is 1. The number of nitrogens with one attached hydrogen (secondary N) is 3. The number of benzene rings is 1. The zero-order valence-corrected chi connectivity index (χ0v) is 14.4. The molecular formula is C19H20N6O. The molecule has 7 nitrogen and oxygen atoms in total. The summed E-state index contributed by atoms with van der Waals surface area (Å²) in [6.07, 6.45) is 4.65. The number of aromatic nitrogens is 4. The van der Waals surface area contributed by atoms with Crippen LogP contribution in [-0.2, 0) is 6.42 Å². The molecule has 0 aliphatic rings. The summed E-state index contributed by atoms with van der Waals surface area (Å²) >= 11 is 0. The van der Waals surface area contributed by atoms with Crippen molar-refractivity contribution < 1.29 is 4.79 Å². The molecule has 1 aromatic carbocycles. The molecule has 7 heteroatoms. The molecule has 0 aliphatic heterocycles. The van der Waals surface area contributed by atoms with Gasteiger partial charge in [-0.15, -0.1) is 10.2 Å². The monoisotopic (exact) mass is 348 g/mol. The van der Waals surface area contributed by atoms with E-state index < -0.39 is 0 Å². The average molecular weight is 348 g/mol. The summed E-state index contributed by atoms with van der Waals surface area (Å²) in [5, 5.41) is 15.3. The van der Waals surface area contributed by atoms with Gasteiger partial charge in [0.15, 0.2) is 11.5 Å². The lowest BCUT2D eigenvalue weighted by atomic mass is 10.1. The van der Waals surface area contributed by atoms with Crippen LogP contribution in [0.15, 0.2) is 54.9 Å². The van der Waals surface area contributed by atoms with Gasteiger partial charge in [-0.05, 0) is 37.1 Å². The fraction of sp³-hybridized carbons (Fsp3) is 0.211. The Kier molecular flexibility index (Phi) is 4.27. The van der Waals surface area contributed by atoms with Crippen LogP contribution in [0.25, 0.3) is 16.6 Å². The highest BCUT2D eigenvalue weighted by atomic mass is 16.2. The van der Waals surface area contributed by atoms with E-state index in [1.54, 1.807) is 0 Å². The molecule has 4 rings (SSSR count). The first-order chi connectivity index (χ1) is 12.7. The van der Waals surface area contributed by atoms with Gasteiger partial charge in [0.1, 0.15) is 0 Å². The van der Waals surface area contributed by atoms with Crippen molar-refractivity contribution in [3.05, 3.63) is 66.2 Å². The lowest BCUT2D eigenvalue weighted by Crippen LogP contribution is -2.38. The standard InChI is InChI=1S/C19H20N6O/c1-13(18-24-23-17-8-4-5-11-25(17)18)22-19(26)20-10-9-14-12-21-16-7-3-2-6-15(14)16/h2-8,11-13,21H,9-10H2,1H3,(H2,20,22,26). The smallest absolute Gasteiger partial charge is 0.315 e. The maximum atomic E-state index is 12.2. The number of carbonyl (C=O) groups excluding carboxylic acids is 1. The number of hydrogen-bond acceptors (Lipinski definition) is 3. The number of carbonyl (C=O) groups is 1. The number of amides is 2. The van der Waals surface area contributed by atoms with Gasteiger partial charge < -0.3 is 15.6 Å². The van der Waals surface area contributed by atoms with E-state index in [1.807, 2.05) is 60.1 Å². The second-order valence-electron chi connectivity index (χ2n) is 6.22. The van der Waals surface area contributed by atoms with E-state index in [9.17, 15) is 4.79 Å². The van der Waals surface area contributed by atoms with Crippen LogP contribution in [0.5, 0.6) is 0 Å². The summed E-state index contributed by atoms with van der Waals surface area (Å²) in [6, 6.07) is 13.4. The van der Waals surface area contributed by atoms with Crippen molar-refractivity contribution >= 4 is 22.6 Å². The van der Waals surface area contributed by atoms with Crippen molar-refractivity contribution in [3.8, 4) is 0 Å². The van der Waals surface area contributed by atoms with Gasteiger partial charge in [0, 0.05) is 29.8 Å². The molecular weight excluding hydrogens is 328 g/mol. The molecule has 3 heterocycles. The van der Waals surface area contributed by atoms with E-state index in [-0.39, 0.29) is 12.1 Å². The molecule has 4 aromatic rings. The summed E-state index contributed by atoms with van der Waals surface area (Å²) in [6.45, 7) is 2.45. The topological polar surface area (TPSA) is 87.1 Å². The third-order valence-corrected chi connectivity index (χ3v) is 4.43. The van der Waals surface area contributed by atoms with Gasteiger partial charge in [-0.1, -0.05) is 24.3 Å². The van der Waals surface area contributed by atoms with Crippen LogP contribution >= 0.6 is 0 Å². The number of para-hydroxylation sites is 1. The summed E-state index contributed by atoms with van der Waals surface area (Å²) in [4.78, 5) is 15.4. The molecule has 0 saturated heterocycles. The normalized spacial score (nSPS) is 12.3. The highest BCUT2D eigenvalue weighted by Crippen LogP contribution is 2.17. The number of pyridine rings is 1. The zero-order valence-electron chi connectivity index (χ0n) is 14.4. The van der Waals surface area contributed by atoms with Gasteiger partial charge >= 0.3 is 6.03 Å². The van der Waals surface area contributed by atoms with E-state index in [0.29, 0.717) is 12.4 Å². The van der Waals surface area contributed by atoms with Crippen molar-refractivity contribution in [2.75, 3.05) is 6.54 Å². The molecule has 0 radical (unpaired) electrons. The van der Waals surface area contributed by atoms with Gasteiger partial charge in [0.05, 0.1) is 6.04 Å². The van der Waals surface area contributed by atoms with Gasteiger partial charge in [0.25, 0.3) is 0 Å². The quantitative estimate of drug-likeness (QED) is 0.518. The SMILES string of the molecule is CC(NC(=O)NCCc1c[nH]c2ccccc12)c1nnc2ccccn12. The van der Waals surface area contributed by atoms with Crippen molar-refractivity contribution in [2.24, 2.45) is 0 Å². The lowest BCUT2D eigenvalue weighted by Gasteiger charge is -2.13. The molecule has 0 spiro atoms. The number of rotatable bonds is 5. The summed E-state index contributed by atoms with van der Waals surface area (Å²) in [7, 11) is 0. The van der Waals surface area contributed by atoms with Crippen LogP contribution in [0.2, 0.25) is 0 Å². The molecule has 0 fully saturated rings. The Balaban J connectivity index is 1.34. The Morgan fingerprint density at radius 1 is 1.19 bits per heavy atom. The largest absolute Gasteiger partial charge is 0.361 e. The number of urea groups is 1. The fourth-order valence-electron chi connectivity index (χ4n) is 3.12. The summed E-state index contributed by atoms with van der Waals surface area (Å²) in [5.41, 5.74) is 3.06. The van der Waals surface area contributed by atoms with E-state index in [0.717, 1.165) is 17.6 Å². The van der Waals surface area contributed by atoms with Crippen LogP contribution < -0.4 is 10.6 Å². The van der Waals surface area contributed by atoms with Crippen LogP contribution in [0.3, 0.4) is 0 Å². The maximum Gasteiger partial charge on any atom is 0.315 e. The van der Waals surface area contributed by atoms with Crippen LogP contribution in [-0.4, -0.2) is 32.2 Å². The first-order valence-electron chi connectivity index (χ1n) is 8.61. The van der Waals surface area contributed by atoms with Crippen molar-refractivity contribution in [2.45, 2.75) is 19.4 Å². The highest BCUT2D eigenvalue weighted by Gasteiger charge is 2.15. The van der Waals surface area contributed by atoms with Crippen LogP contribution in [0, 0.1) is 0 Å². The minimum Gasteiger partial charge on any atom is -0.361 e. The van der Waals surface area contributed by atoms with E-state index in [1.165, 1.54) is 10.9 Å². The fourth-order valence-corrected chi connectivity index (χ4v) is 3.12. The van der Waals surface area contributed by atoms with E-state index in [4.69, 9.17) is 0 Å². The Morgan fingerprint density at radius 2 is 2.04 bits per heavy atom. The van der Waals surface area contributed by atoms with Crippen molar-refractivity contribution in [3.63, 3.8) is 0 Å². The molecule has 0 saturated carbocycles. The Hall–Kier alpha value is -3.35. The molecule has 1 unspecified atom stereocenters. The third-order valence-electron chi connectivity index (χ3n) is 4.43. The molecule has 26 heavy (non-hydrogen) atoms. The minimum absolute atomic E-state index is 0.218. The van der Waals surface area contributed by atoms with Gasteiger partial charge in [-0.2, -0.15) is 0 Å². The predicted octanol–water partition coefficient (Wildman–Crippen LogP) is 2.81. The van der Waals surface area contributed by atoms with Gasteiger partial charge in [-0.25, -0.2) is 4.79 Å². The number of nitrogens with zero attached hydrogens (tertiary/aromatic N) is 3. The number of fused-ring (bicyclic) bond motifs is 2. The van der Waals surface area contributed by atoms with Crippen LogP contribution in [0.4, 0.5) is 4.79 Å². The lowest BCUT2D eigenvalue weighted by molar-refractivity contribution is 0.237. The van der Waals surface area contributed by atoms with E-state index in [2.05, 4.69) is 31.9 Å². The second-order valence-corrected chi connectivity index (χ2v) is 6.22. The summed E-state index contributed by atoms with van der Waals surface area (Å²) in [5.74, 6) is 0.701. The average Bonchev–Trinajstić information content (AvgIpc) is 3.26. The molecule has 2 amide bonds. The zero-order chi connectivity index (χ0) is 17.9. The maximum absolute atomic E-state index is 12.2. The highest BCUT2D eigenvalue weighted by molar-refractivity contribution is 5.83. The second kappa shape index (κ2) is 6.87. The molecule has 0 bridgehead atoms. The Labute approximate surface area is 150 Å². The van der Waals surface area contributed by atoms with Crippen LogP contribution in [0.1, 0.15) is 24.4 Å². The molecule has 0 aliphatic carbocycles. The number of hydrogen-bond donors (Lipinski definition) is 3. The van der Waals surface area contributed by atoms with Crippen molar-refractivity contribution in [1.29, 1.82) is 0 Å². The minimum atomic E-state index is -0.250. The predicted molar refractivity (Wildman–Crippen MR) is 99.9 cm³/mol. The van der Waals surface area contributed by atoms with Gasteiger partial charge in [0.2, 0.25) is 0 Å².